The highest BCUT2D eigenvalue weighted by molar-refractivity contribution is 5.90. The standard InChI is InChI=1S/C17H19NO3/c1-21-17(20)15-10-6-5-9-14(15)11-18-12-16(19)13-7-3-2-4-8-13/h2-10,16,18-19H,11-12H2,1H3. The molecule has 2 aromatic rings. The fraction of sp³-hybridized carbons (Fsp3) is 0.235. The molecular weight excluding hydrogens is 266 g/mol. The Hall–Kier alpha value is -2.17. The van der Waals surface area contributed by atoms with Crippen LogP contribution in [0, 0.1) is 0 Å². The lowest BCUT2D eigenvalue weighted by Gasteiger charge is -2.13. The Morgan fingerprint density at radius 1 is 1.14 bits per heavy atom. The van der Waals surface area contributed by atoms with Crippen molar-refractivity contribution >= 4 is 5.97 Å². The van der Waals surface area contributed by atoms with E-state index in [0.717, 1.165) is 11.1 Å². The van der Waals surface area contributed by atoms with Crippen LogP contribution in [0.5, 0.6) is 0 Å². The van der Waals surface area contributed by atoms with Crippen molar-refractivity contribution in [3.8, 4) is 0 Å². The number of aliphatic hydroxyl groups is 1. The lowest BCUT2D eigenvalue weighted by atomic mass is 10.1. The Balaban J connectivity index is 1.93. The van der Waals surface area contributed by atoms with E-state index in [0.29, 0.717) is 18.7 Å². The molecule has 0 bridgehead atoms. The van der Waals surface area contributed by atoms with Gasteiger partial charge < -0.3 is 15.2 Å². The molecule has 0 amide bonds. The van der Waals surface area contributed by atoms with E-state index in [9.17, 15) is 9.90 Å². The largest absolute Gasteiger partial charge is 0.465 e. The Kier molecular flexibility index (Phi) is 5.49. The summed E-state index contributed by atoms with van der Waals surface area (Å²) < 4.78 is 4.76. The molecule has 0 radical (unpaired) electrons. The number of carbonyl (C=O) groups excluding carboxylic acids is 1. The molecule has 0 aromatic heterocycles. The molecule has 110 valence electrons. The van der Waals surface area contributed by atoms with E-state index in [-0.39, 0.29) is 5.97 Å². The number of methoxy groups -OCH3 is 1. The molecular formula is C17H19NO3. The number of aliphatic hydroxyl groups excluding tert-OH is 1. The van der Waals surface area contributed by atoms with Crippen molar-refractivity contribution in [2.75, 3.05) is 13.7 Å². The van der Waals surface area contributed by atoms with Gasteiger partial charge in [-0.3, -0.25) is 0 Å². The van der Waals surface area contributed by atoms with Gasteiger partial charge in [-0.25, -0.2) is 4.79 Å². The van der Waals surface area contributed by atoms with Crippen molar-refractivity contribution in [2.45, 2.75) is 12.6 Å². The molecule has 2 rings (SSSR count). The van der Waals surface area contributed by atoms with Crippen molar-refractivity contribution < 1.29 is 14.6 Å². The average Bonchev–Trinajstić information content (AvgIpc) is 2.55. The van der Waals surface area contributed by atoms with Gasteiger partial charge in [-0.05, 0) is 17.2 Å². The van der Waals surface area contributed by atoms with Gasteiger partial charge >= 0.3 is 5.97 Å². The summed E-state index contributed by atoms with van der Waals surface area (Å²) >= 11 is 0. The van der Waals surface area contributed by atoms with Gasteiger partial charge in [0.05, 0.1) is 18.8 Å². The summed E-state index contributed by atoms with van der Waals surface area (Å²) in [5.41, 5.74) is 2.26. The highest BCUT2D eigenvalue weighted by Crippen LogP contribution is 2.12. The van der Waals surface area contributed by atoms with Gasteiger partial charge in [0.2, 0.25) is 0 Å². The highest BCUT2D eigenvalue weighted by Gasteiger charge is 2.11. The van der Waals surface area contributed by atoms with Crippen molar-refractivity contribution in [2.24, 2.45) is 0 Å². The molecule has 2 N–H and O–H groups in total. The maximum Gasteiger partial charge on any atom is 0.338 e. The predicted octanol–water partition coefficient (Wildman–Crippen LogP) is 2.30. The quantitative estimate of drug-likeness (QED) is 0.800. The molecule has 0 saturated heterocycles. The summed E-state index contributed by atoms with van der Waals surface area (Å²) in [5, 5.41) is 13.2. The van der Waals surface area contributed by atoms with Crippen LogP contribution < -0.4 is 5.32 Å². The van der Waals surface area contributed by atoms with Crippen LogP contribution in [0.1, 0.15) is 27.6 Å². The molecule has 0 aliphatic heterocycles. The van der Waals surface area contributed by atoms with Gasteiger partial charge in [0.15, 0.2) is 0 Å². The monoisotopic (exact) mass is 285 g/mol. The highest BCUT2D eigenvalue weighted by atomic mass is 16.5. The van der Waals surface area contributed by atoms with Crippen LogP contribution in [0.3, 0.4) is 0 Å². The van der Waals surface area contributed by atoms with Crippen molar-refractivity contribution in [1.82, 2.24) is 5.32 Å². The second-order valence-corrected chi connectivity index (χ2v) is 4.71. The van der Waals surface area contributed by atoms with Gasteiger partial charge in [0, 0.05) is 13.1 Å². The number of nitrogens with one attached hydrogen (secondary N) is 1. The molecule has 0 fully saturated rings. The van der Waals surface area contributed by atoms with Gasteiger partial charge in [-0.2, -0.15) is 0 Å². The zero-order valence-electron chi connectivity index (χ0n) is 12.0. The van der Waals surface area contributed by atoms with E-state index in [1.54, 1.807) is 12.1 Å². The number of ether oxygens (including phenoxy) is 1. The Bertz CT molecular complexity index is 584. The molecule has 0 heterocycles. The molecule has 21 heavy (non-hydrogen) atoms. The number of hydrogen-bond donors (Lipinski definition) is 2. The van der Waals surface area contributed by atoms with Crippen LogP contribution in [0.4, 0.5) is 0 Å². The fourth-order valence-corrected chi connectivity index (χ4v) is 2.12. The normalized spacial score (nSPS) is 11.9. The first-order valence-corrected chi connectivity index (χ1v) is 6.82. The van der Waals surface area contributed by atoms with E-state index in [4.69, 9.17) is 4.74 Å². The fourth-order valence-electron chi connectivity index (χ4n) is 2.12. The van der Waals surface area contributed by atoms with Crippen molar-refractivity contribution in [1.29, 1.82) is 0 Å². The first kappa shape index (κ1) is 15.2. The molecule has 4 heteroatoms. The topological polar surface area (TPSA) is 58.6 Å². The van der Waals surface area contributed by atoms with Gasteiger partial charge in [-0.1, -0.05) is 48.5 Å². The first-order chi connectivity index (χ1) is 10.2. The average molecular weight is 285 g/mol. The second-order valence-electron chi connectivity index (χ2n) is 4.71. The van der Waals surface area contributed by atoms with Crippen LogP contribution in [0.15, 0.2) is 54.6 Å². The summed E-state index contributed by atoms with van der Waals surface area (Å²) in [7, 11) is 1.37. The van der Waals surface area contributed by atoms with Crippen LogP contribution in [-0.2, 0) is 11.3 Å². The van der Waals surface area contributed by atoms with E-state index in [1.807, 2.05) is 42.5 Å². The molecule has 0 aliphatic rings. The minimum atomic E-state index is -0.573. The van der Waals surface area contributed by atoms with Gasteiger partial charge in [-0.15, -0.1) is 0 Å². The van der Waals surface area contributed by atoms with Crippen molar-refractivity contribution in [3.63, 3.8) is 0 Å². The number of carbonyl (C=O) groups is 1. The van der Waals surface area contributed by atoms with Crippen LogP contribution in [0.2, 0.25) is 0 Å². The minimum Gasteiger partial charge on any atom is -0.465 e. The second kappa shape index (κ2) is 7.57. The third kappa shape index (κ3) is 4.15. The lowest BCUT2D eigenvalue weighted by Crippen LogP contribution is -2.22. The first-order valence-electron chi connectivity index (χ1n) is 6.82. The zero-order valence-corrected chi connectivity index (χ0v) is 12.0. The molecule has 0 spiro atoms. The van der Waals surface area contributed by atoms with Crippen LogP contribution in [-0.4, -0.2) is 24.7 Å². The van der Waals surface area contributed by atoms with Gasteiger partial charge in [0.1, 0.15) is 0 Å². The number of benzene rings is 2. The molecule has 0 saturated carbocycles. The van der Waals surface area contributed by atoms with E-state index < -0.39 is 6.10 Å². The molecule has 1 atom stereocenters. The smallest absolute Gasteiger partial charge is 0.338 e. The van der Waals surface area contributed by atoms with Crippen molar-refractivity contribution in [3.05, 3.63) is 71.3 Å². The predicted molar refractivity (Wildman–Crippen MR) is 80.9 cm³/mol. The number of esters is 1. The van der Waals surface area contributed by atoms with Crippen LogP contribution in [0.25, 0.3) is 0 Å². The number of rotatable bonds is 6. The summed E-state index contributed by atoms with van der Waals surface area (Å²) in [6.45, 7) is 0.911. The maximum absolute atomic E-state index is 11.7. The molecule has 4 nitrogen and oxygen atoms in total. The van der Waals surface area contributed by atoms with Crippen LogP contribution >= 0.6 is 0 Å². The van der Waals surface area contributed by atoms with E-state index in [2.05, 4.69) is 5.32 Å². The zero-order chi connectivity index (χ0) is 15.1. The SMILES string of the molecule is COC(=O)c1ccccc1CNCC(O)c1ccccc1. The van der Waals surface area contributed by atoms with E-state index in [1.165, 1.54) is 7.11 Å². The Morgan fingerprint density at radius 2 is 1.81 bits per heavy atom. The number of hydrogen-bond acceptors (Lipinski definition) is 4. The molecule has 0 aliphatic carbocycles. The summed E-state index contributed by atoms with van der Waals surface area (Å²) in [6.07, 6.45) is -0.573. The maximum atomic E-state index is 11.7. The Morgan fingerprint density at radius 3 is 2.52 bits per heavy atom. The van der Waals surface area contributed by atoms with Gasteiger partial charge in [0.25, 0.3) is 0 Å². The Labute approximate surface area is 124 Å². The minimum absolute atomic E-state index is 0.351. The summed E-state index contributed by atoms with van der Waals surface area (Å²) in [6, 6.07) is 16.7. The lowest BCUT2D eigenvalue weighted by molar-refractivity contribution is 0.0599. The third-order valence-electron chi connectivity index (χ3n) is 3.26. The summed E-state index contributed by atoms with van der Waals surface area (Å²) in [5.74, 6) is -0.351. The molecule has 2 aromatic carbocycles. The van der Waals surface area contributed by atoms with E-state index >= 15 is 0 Å². The molecule has 1 unspecified atom stereocenters. The summed E-state index contributed by atoms with van der Waals surface area (Å²) in [4.78, 5) is 11.7. The third-order valence-corrected chi connectivity index (χ3v) is 3.26.